The third-order valence-corrected chi connectivity index (χ3v) is 4.78. The molecule has 0 saturated carbocycles. The summed E-state index contributed by atoms with van der Waals surface area (Å²) >= 11 is 0. The minimum Gasteiger partial charge on any atom is -0.450 e. The number of rotatable bonds is 4. The van der Waals surface area contributed by atoms with Crippen LogP contribution >= 0.6 is 0 Å². The molecule has 6 nitrogen and oxygen atoms in total. The van der Waals surface area contributed by atoms with Gasteiger partial charge in [-0.3, -0.25) is 9.69 Å². The van der Waals surface area contributed by atoms with Crippen LogP contribution in [0.2, 0.25) is 0 Å². The number of hydrogen-bond acceptors (Lipinski definition) is 4. The summed E-state index contributed by atoms with van der Waals surface area (Å²) in [4.78, 5) is 28.1. The van der Waals surface area contributed by atoms with E-state index in [0.29, 0.717) is 32.8 Å². The maximum Gasteiger partial charge on any atom is 0.409 e. The van der Waals surface area contributed by atoms with Crippen LogP contribution in [-0.4, -0.2) is 60.6 Å². The van der Waals surface area contributed by atoms with Gasteiger partial charge in [-0.1, -0.05) is 30.3 Å². The second-order valence-corrected chi connectivity index (χ2v) is 6.45. The first kappa shape index (κ1) is 18.2. The Kier molecular flexibility index (Phi) is 5.73. The van der Waals surface area contributed by atoms with Crippen molar-refractivity contribution in [2.24, 2.45) is 0 Å². The van der Waals surface area contributed by atoms with Gasteiger partial charge in [0.05, 0.1) is 12.6 Å². The molecule has 3 rings (SSSR count). The van der Waals surface area contributed by atoms with Crippen LogP contribution in [0.15, 0.2) is 42.5 Å². The predicted molar refractivity (Wildman–Crippen MR) is 102 cm³/mol. The minimum absolute atomic E-state index is 0.0372. The summed E-state index contributed by atoms with van der Waals surface area (Å²) in [6, 6.07) is 13.7. The number of carbonyl (C=O) groups excluding carboxylic acids is 2. The van der Waals surface area contributed by atoms with Gasteiger partial charge in [0.1, 0.15) is 0 Å². The zero-order valence-corrected chi connectivity index (χ0v) is 15.3. The molecule has 2 aromatic carbocycles. The number of nitrogens with zero attached hydrogens (tertiary/aromatic N) is 2. The average Bonchev–Trinajstić information content (AvgIpc) is 2.67. The fraction of sp³-hybridized carbons (Fsp3) is 0.400. The van der Waals surface area contributed by atoms with E-state index in [1.54, 1.807) is 11.8 Å². The Bertz CT molecular complexity index is 785. The normalized spacial score (nSPS) is 16.3. The molecule has 6 heteroatoms. The van der Waals surface area contributed by atoms with Crippen LogP contribution in [0.5, 0.6) is 0 Å². The molecule has 1 fully saturated rings. The van der Waals surface area contributed by atoms with Crippen LogP contribution in [-0.2, 0) is 9.53 Å². The summed E-state index contributed by atoms with van der Waals surface area (Å²) in [5, 5.41) is 5.24. The van der Waals surface area contributed by atoms with Gasteiger partial charge in [0.15, 0.2) is 0 Å². The van der Waals surface area contributed by atoms with Crippen molar-refractivity contribution < 1.29 is 14.3 Å². The molecule has 1 heterocycles. The third-order valence-electron chi connectivity index (χ3n) is 4.78. The standard InChI is InChI=1S/C20H25N3O3/c1-3-26-20(25)23-12-10-22(11-13-23)15(2)19(24)21-18-9-8-16-6-4-5-7-17(16)14-18/h4-9,14-15H,3,10-13H2,1-2H3,(H,21,24)/t15-/m1/s1. The Hall–Kier alpha value is -2.60. The van der Waals surface area contributed by atoms with Crippen molar-refractivity contribution in [1.82, 2.24) is 9.80 Å². The van der Waals surface area contributed by atoms with Crippen LogP contribution in [0.3, 0.4) is 0 Å². The molecule has 26 heavy (non-hydrogen) atoms. The SMILES string of the molecule is CCOC(=O)N1CCN([C@H](C)C(=O)Nc2ccc3ccccc3c2)CC1. The zero-order valence-electron chi connectivity index (χ0n) is 15.3. The molecule has 1 N–H and O–H groups in total. The van der Waals surface area contributed by atoms with E-state index in [0.717, 1.165) is 16.5 Å². The monoisotopic (exact) mass is 355 g/mol. The highest BCUT2D eigenvalue weighted by Crippen LogP contribution is 2.19. The summed E-state index contributed by atoms with van der Waals surface area (Å²) in [5.41, 5.74) is 0.797. The second-order valence-electron chi connectivity index (χ2n) is 6.45. The van der Waals surface area contributed by atoms with Gasteiger partial charge in [-0.05, 0) is 36.8 Å². The number of anilines is 1. The molecule has 138 valence electrons. The summed E-state index contributed by atoms with van der Waals surface area (Å²) in [6.45, 7) is 6.54. The molecule has 1 aliphatic rings. The number of carbonyl (C=O) groups is 2. The molecule has 0 radical (unpaired) electrons. The van der Waals surface area contributed by atoms with E-state index < -0.39 is 0 Å². The Morgan fingerprint density at radius 3 is 2.46 bits per heavy atom. The van der Waals surface area contributed by atoms with Gasteiger partial charge in [-0.15, -0.1) is 0 Å². The molecule has 0 unspecified atom stereocenters. The first-order chi connectivity index (χ1) is 12.6. The van der Waals surface area contributed by atoms with Crippen molar-refractivity contribution in [2.75, 3.05) is 38.1 Å². The zero-order chi connectivity index (χ0) is 18.5. The smallest absolute Gasteiger partial charge is 0.409 e. The molecule has 1 saturated heterocycles. The van der Waals surface area contributed by atoms with Crippen molar-refractivity contribution in [1.29, 1.82) is 0 Å². The van der Waals surface area contributed by atoms with Crippen molar-refractivity contribution in [3.63, 3.8) is 0 Å². The highest BCUT2D eigenvalue weighted by molar-refractivity contribution is 5.97. The number of fused-ring (bicyclic) bond motifs is 1. The molecule has 0 bridgehead atoms. The molecule has 2 amide bonds. The quantitative estimate of drug-likeness (QED) is 0.916. The summed E-state index contributed by atoms with van der Waals surface area (Å²) < 4.78 is 5.03. The molecule has 0 spiro atoms. The lowest BCUT2D eigenvalue weighted by Crippen LogP contribution is -2.54. The number of hydrogen-bond donors (Lipinski definition) is 1. The van der Waals surface area contributed by atoms with E-state index in [-0.39, 0.29) is 18.0 Å². The lowest BCUT2D eigenvalue weighted by Gasteiger charge is -2.36. The molecule has 0 aromatic heterocycles. The van der Waals surface area contributed by atoms with Crippen LogP contribution in [0, 0.1) is 0 Å². The predicted octanol–water partition coefficient (Wildman–Crippen LogP) is 2.94. The number of piperazine rings is 1. The van der Waals surface area contributed by atoms with Crippen molar-refractivity contribution in [2.45, 2.75) is 19.9 Å². The topological polar surface area (TPSA) is 61.9 Å². The summed E-state index contributed by atoms with van der Waals surface area (Å²) in [7, 11) is 0. The van der Waals surface area contributed by atoms with Gasteiger partial charge in [-0.25, -0.2) is 4.79 Å². The summed E-state index contributed by atoms with van der Waals surface area (Å²) in [5.74, 6) is -0.0372. The van der Waals surface area contributed by atoms with E-state index in [1.807, 2.05) is 49.4 Å². The molecular formula is C20H25N3O3. The van der Waals surface area contributed by atoms with Gasteiger partial charge >= 0.3 is 6.09 Å². The van der Waals surface area contributed by atoms with Crippen molar-refractivity contribution >= 4 is 28.5 Å². The van der Waals surface area contributed by atoms with Crippen LogP contribution in [0.4, 0.5) is 10.5 Å². The molecular weight excluding hydrogens is 330 g/mol. The first-order valence-electron chi connectivity index (χ1n) is 9.04. The Morgan fingerprint density at radius 2 is 1.77 bits per heavy atom. The maximum absolute atomic E-state index is 12.6. The van der Waals surface area contributed by atoms with Gasteiger partial charge in [0.25, 0.3) is 0 Å². The van der Waals surface area contributed by atoms with E-state index in [2.05, 4.69) is 10.2 Å². The Labute approximate surface area is 153 Å². The molecule has 0 aliphatic carbocycles. The number of benzene rings is 2. The Morgan fingerprint density at radius 1 is 1.08 bits per heavy atom. The van der Waals surface area contributed by atoms with Gasteiger partial charge in [0.2, 0.25) is 5.91 Å². The maximum atomic E-state index is 12.6. The number of nitrogens with one attached hydrogen (secondary N) is 1. The lowest BCUT2D eigenvalue weighted by atomic mass is 10.1. The van der Waals surface area contributed by atoms with Crippen molar-refractivity contribution in [3.8, 4) is 0 Å². The fourth-order valence-corrected chi connectivity index (χ4v) is 3.19. The van der Waals surface area contributed by atoms with E-state index in [4.69, 9.17) is 4.74 Å². The Balaban J connectivity index is 1.57. The van der Waals surface area contributed by atoms with E-state index in [1.165, 1.54) is 0 Å². The average molecular weight is 355 g/mol. The molecule has 1 atom stereocenters. The van der Waals surface area contributed by atoms with E-state index in [9.17, 15) is 9.59 Å². The first-order valence-corrected chi connectivity index (χ1v) is 9.04. The minimum atomic E-state index is -0.277. The lowest BCUT2D eigenvalue weighted by molar-refractivity contribution is -0.121. The number of ether oxygens (including phenoxy) is 1. The molecule has 1 aliphatic heterocycles. The summed E-state index contributed by atoms with van der Waals surface area (Å²) in [6.07, 6.45) is -0.277. The van der Waals surface area contributed by atoms with E-state index >= 15 is 0 Å². The fourth-order valence-electron chi connectivity index (χ4n) is 3.19. The van der Waals surface area contributed by atoms with Crippen LogP contribution < -0.4 is 5.32 Å². The third kappa shape index (κ3) is 4.14. The largest absolute Gasteiger partial charge is 0.450 e. The van der Waals surface area contributed by atoms with Gasteiger partial charge in [-0.2, -0.15) is 0 Å². The number of amides is 2. The van der Waals surface area contributed by atoms with Gasteiger partial charge < -0.3 is 15.0 Å². The highest BCUT2D eigenvalue weighted by Gasteiger charge is 2.28. The van der Waals surface area contributed by atoms with Crippen LogP contribution in [0.25, 0.3) is 10.8 Å². The molecule has 2 aromatic rings. The highest BCUT2D eigenvalue weighted by atomic mass is 16.6. The second kappa shape index (κ2) is 8.19. The van der Waals surface area contributed by atoms with Crippen molar-refractivity contribution in [3.05, 3.63) is 42.5 Å². The van der Waals surface area contributed by atoms with Gasteiger partial charge in [0, 0.05) is 31.9 Å². The van der Waals surface area contributed by atoms with Crippen LogP contribution in [0.1, 0.15) is 13.8 Å².